The highest BCUT2D eigenvalue weighted by Crippen LogP contribution is 2.30. The molecule has 1 aliphatic rings. The topological polar surface area (TPSA) is 24.4 Å². The largest absolute Gasteiger partial charge is 0.361 e. The fourth-order valence-electron chi connectivity index (χ4n) is 2.37. The van der Waals surface area contributed by atoms with Gasteiger partial charge in [0.05, 0.1) is 6.54 Å². The number of nitrogens with zero attached hydrogens (tertiary/aromatic N) is 1. The van der Waals surface area contributed by atoms with E-state index in [2.05, 4.69) is 64.4 Å². The average molecular weight is 341 g/mol. The van der Waals surface area contributed by atoms with E-state index >= 15 is 0 Å². The summed E-state index contributed by atoms with van der Waals surface area (Å²) in [5, 5.41) is 5.23. The zero-order chi connectivity index (χ0) is 13.7. The van der Waals surface area contributed by atoms with Crippen LogP contribution in [-0.4, -0.2) is 17.0 Å². The minimum atomic E-state index is 0.667. The van der Waals surface area contributed by atoms with Gasteiger partial charge in [-0.1, -0.05) is 66.5 Å². The molecule has 1 aliphatic heterocycles. The summed E-state index contributed by atoms with van der Waals surface area (Å²) in [6.07, 6.45) is 2.51. The van der Waals surface area contributed by atoms with Gasteiger partial charge in [0.2, 0.25) is 0 Å². The van der Waals surface area contributed by atoms with Crippen molar-refractivity contribution in [2.45, 2.75) is 38.5 Å². The van der Waals surface area contributed by atoms with Crippen LogP contribution in [0.1, 0.15) is 32.3 Å². The molecule has 4 heteroatoms. The van der Waals surface area contributed by atoms with Gasteiger partial charge in [0.15, 0.2) is 5.17 Å². The second kappa shape index (κ2) is 7.34. The van der Waals surface area contributed by atoms with Crippen molar-refractivity contribution in [3.05, 3.63) is 34.3 Å². The highest BCUT2D eigenvalue weighted by atomic mass is 79.9. The second-order valence-electron chi connectivity index (χ2n) is 4.86. The van der Waals surface area contributed by atoms with E-state index in [4.69, 9.17) is 0 Å². The van der Waals surface area contributed by atoms with Crippen LogP contribution in [0.15, 0.2) is 33.7 Å². The summed E-state index contributed by atoms with van der Waals surface area (Å²) in [5.41, 5.74) is 1.28. The predicted molar refractivity (Wildman–Crippen MR) is 88.7 cm³/mol. The number of aliphatic imine (C=N–C) groups is 1. The Morgan fingerprint density at radius 3 is 2.89 bits per heavy atom. The maximum absolute atomic E-state index is 4.63. The summed E-state index contributed by atoms with van der Waals surface area (Å²) >= 11 is 5.42. The third-order valence-electron chi connectivity index (χ3n) is 3.59. The Balaban J connectivity index is 1.82. The molecule has 0 radical (unpaired) electrons. The molecule has 0 fully saturated rings. The summed E-state index contributed by atoms with van der Waals surface area (Å²) in [7, 11) is 0. The van der Waals surface area contributed by atoms with Crippen LogP contribution in [0.3, 0.4) is 0 Å². The van der Waals surface area contributed by atoms with Gasteiger partial charge in [-0.3, -0.25) is 4.99 Å². The van der Waals surface area contributed by atoms with Crippen molar-refractivity contribution >= 4 is 32.9 Å². The third kappa shape index (κ3) is 4.25. The van der Waals surface area contributed by atoms with Crippen molar-refractivity contribution in [3.63, 3.8) is 0 Å². The predicted octanol–water partition coefficient (Wildman–Crippen LogP) is 4.45. The van der Waals surface area contributed by atoms with Gasteiger partial charge in [-0.2, -0.15) is 0 Å². The van der Waals surface area contributed by atoms with Crippen molar-refractivity contribution in [2.24, 2.45) is 10.9 Å². The maximum atomic E-state index is 4.63. The maximum Gasteiger partial charge on any atom is 0.157 e. The Kier molecular flexibility index (Phi) is 5.76. The monoisotopic (exact) mass is 340 g/mol. The molecule has 104 valence electrons. The molecule has 2 nitrogen and oxygen atoms in total. The number of rotatable bonds is 5. The van der Waals surface area contributed by atoms with Crippen LogP contribution < -0.4 is 5.32 Å². The van der Waals surface area contributed by atoms with Crippen molar-refractivity contribution in [3.8, 4) is 0 Å². The summed E-state index contributed by atoms with van der Waals surface area (Å²) in [6.45, 7) is 6.38. The van der Waals surface area contributed by atoms with Gasteiger partial charge < -0.3 is 5.32 Å². The molecule has 1 aromatic carbocycles. The molecular weight excluding hydrogens is 320 g/mol. The second-order valence-corrected chi connectivity index (χ2v) is 7.01. The van der Waals surface area contributed by atoms with Gasteiger partial charge in [0, 0.05) is 16.3 Å². The Labute approximate surface area is 128 Å². The Bertz CT molecular complexity index is 444. The lowest BCUT2D eigenvalue weighted by Gasteiger charge is -2.18. The summed E-state index contributed by atoms with van der Waals surface area (Å²) in [4.78, 5) is 4.63. The van der Waals surface area contributed by atoms with E-state index in [9.17, 15) is 0 Å². The van der Waals surface area contributed by atoms with Crippen LogP contribution in [0.25, 0.3) is 0 Å². The molecule has 0 aromatic heterocycles. The van der Waals surface area contributed by atoms with Crippen molar-refractivity contribution in [1.82, 2.24) is 5.32 Å². The molecule has 1 aromatic rings. The van der Waals surface area contributed by atoms with Crippen LogP contribution in [0.5, 0.6) is 0 Å². The Morgan fingerprint density at radius 1 is 1.42 bits per heavy atom. The first-order valence-electron chi connectivity index (χ1n) is 6.92. The SMILES string of the molecule is CCC(CC)C1CN=C(NCc2cccc(Br)c2)S1. The minimum Gasteiger partial charge on any atom is -0.361 e. The van der Waals surface area contributed by atoms with Crippen molar-refractivity contribution < 1.29 is 0 Å². The number of halogens is 1. The van der Waals surface area contributed by atoms with Crippen LogP contribution in [-0.2, 0) is 6.54 Å². The molecular formula is C15H21BrN2S. The summed E-state index contributed by atoms with van der Waals surface area (Å²) in [5.74, 6) is 0.791. The molecule has 0 saturated heterocycles. The van der Waals surface area contributed by atoms with Crippen LogP contribution in [0.4, 0.5) is 0 Å². The number of hydrogen-bond donors (Lipinski definition) is 1. The van der Waals surface area contributed by atoms with Gasteiger partial charge in [-0.15, -0.1) is 0 Å². The summed E-state index contributed by atoms with van der Waals surface area (Å²) in [6, 6.07) is 8.40. The first-order valence-corrected chi connectivity index (χ1v) is 8.59. The van der Waals surface area contributed by atoms with E-state index in [0.29, 0.717) is 5.25 Å². The molecule has 1 atom stereocenters. The minimum absolute atomic E-state index is 0.667. The lowest BCUT2D eigenvalue weighted by Crippen LogP contribution is -2.21. The van der Waals surface area contributed by atoms with E-state index in [1.807, 2.05) is 11.8 Å². The summed E-state index contributed by atoms with van der Waals surface area (Å²) < 4.78 is 1.13. The number of hydrogen-bond acceptors (Lipinski definition) is 3. The van der Waals surface area contributed by atoms with Crippen LogP contribution in [0.2, 0.25) is 0 Å². The van der Waals surface area contributed by atoms with Gasteiger partial charge in [-0.05, 0) is 23.6 Å². The van der Waals surface area contributed by atoms with Crippen molar-refractivity contribution in [1.29, 1.82) is 0 Å². The van der Waals surface area contributed by atoms with Gasteiger partial charge in [-0.25, -0.2) is 0 Å². The number of amidine groups is 1. The number of nitrogens with one attached hydrogen (secondary N) is 1. The van der Waals surface area contributed by atoms with Crippen molar-refractivity contribution in [2.75, 3.05) is 6.54 Å². The van der Waals surface area contributed by atoms with Crippen LogP contribution in [0, 0.1) is 5.92 Å². The zero-order valence-electron chi connectivity index (χ0n) is 11.5. The first-order chi connectivity index (χ1) is 9.22. The molecule has 1 unspecified atom stereocenters. The smallest absolute Gasteiger partial charge is 0.157 e. The van der Waals surface area contributed by atoms with Gasteiger partial charge in [0.25, 0.3) is 0 Å². The molecule has 19 heavy (non-hydrogen) atoms. The normalized spacial score (nSPS) is 18.7. The van der Waals surface area contributed by atoms with Gasteiger partial charge >= 0.3 is 0 Å². The molecule has 1 N–H and O–H groups in total. The lowest BCUT2D eigenvalue weighted by molar-refractivity contribution is 0.479. The Hall–Kier alpha value is -0.480. The number of benzene rings is 1. The molecule has 0 amide bonds. The molecule has 0 aliphatic carbocycles. The molecule has 2 rings (SSSR count). The van der Waals surface area contributed by atoms with E-state index in [-0.39, 0.29) is 0 Å². The Morgan fingerprint density at radius 2 is 2.21 bits per heavy atom. The van der Waals surface area contributed by atoms with Gasteiger partial charge in [0.1, 0.15) is 0 Å². The fourth-order valence-corrected chi connectivity index (χ4v) is 4.14. The highest BCUT2D eigenvalue weighted by Gasteiger charge is 2.25. The molecule has 0 saturated carbocycles. The van der Waals surface area contributed by atoms with E-state index in [1.165, 1.54) is 18.4 Å². The van der Waals surface area contributed by atoms with Crippen LogP contribution >= 0.6 is 27.7 Å². The van der Waals surface area contributed by atoms with E-state index in [0.717, 1.165) is 28.6 Å². The first kappa shape index (κ1) is 14.9. The molecule has 0 spiro atoms. The number of thioether (sulfide) groups is 1. The standard InChI is InChI=1S/C15H21BrN2S/c1-3-12(4-2)14-10-18-15(19-14)17-9-11-6-5-7-13(16)8-11/h5-8,12,14H,3-4,9-10H2,1-2H3,(H,17,18). The molecule has 1 heterocycles. The average Bonchev–Trinajstić information content (AvgIpc) is 2.87. The highest BCUT2D eigenvalue weighted by molar-refractivity contribution is 9.10. The zero-order valence-corrected chi connectivity index (χ0v) is 13.9. The third-order valence-corrected chi connectivity index (χ3v) is 5.41. The van der Waals surface area contributed by atoms with E-state index in [1.54, 1.807) is 0 Å². The molecule has 0 bridgehead atoms. The lowest BCUT2D eigenvalue weighted by atomic mass is 9.99. The quantitative estimate of drug-likeness (QED) is 0.856. The van der Waals surface area contributed by atoms with E-state index < -0.39 is 0 Å². The fraction of sp³-hybridized carbons (Fsp3) is 0.533.